The molecule has 0 saturated carbocycles. The summed E-state index contributed by atoms with van der Waals surface area (Å²) >= 11 is 0. The number of rotatable bonds is 7. The number of carbonyl (C=O) groups excluding carboxylic acids is 1. The molecule has 0 aliphatic carbocycles. The zero-order chi connectivity index (χ0) is 26.8. The van der Waals surface area contributed by atoms with E-state index in [0.717, 1.165) is 25.9 Å². The number of alkyl halides is 2. The first kappa shape index (κ1) is 25.7. The van der Waals surface area contributed by atoms with Gasteiger partial charge in [0.15, 0.2) is 0 Å². The Bertz CT molecular complexity index is 1520. The largest absolute Gasteiger partial charge is 0.352 e. The lowest BCUT2D eigenvalue weighted by atomic mass is 9.97. The Kier molecular flexibility index (Phi) is 7.33. The predicted molar refractivity (Wildman–Crippen MR) is 139 cm³/mol. The Labute approximate surface area is 217 Å². The van der Waals surface area contributed by atoms with Crippen LogP contribution in [0.1, 0.15) is 40.9 Å². The van der Waals surface area contributed by atoms with Gasteiger partial charge in [-0.2, -0.15) is 5.10 Å². The highest BCUT2D eigenvalue weighted by Gasteiger charge is 2.19. The van der Waals surface area contributed by atoms with E-state index >= 15 is 0 Å². The number of benzene rings is 2. The number of aromatic amines is 1. The van der Waals surface area contributed by atoms with Gasteiger partial charge in [-0.25, -0.2) is 13.2 Å². The molecule has 198 valence electrons. The lowest BCUT2D eigenvalue weighted by Gasteiger charge is -2.28. The van der Waals surface area contributed by atoms with Gasteiger partial charge in [-0.3, -0.25) is 14.7 Å². The topological polar surface area (TPSA) is 83.0 Å². The van der Waals surface area contributed by atoms with E-state index in [1.807, 2.05) is 0 Å². The number of piperidine rings is 1. The van der Waals surface area contributed by atoms with Crippen molar-refractivity contribution in [3.05, 3.63) is 87.9 Å². The summed E-state index contributed by atoms with van der Waals surface area (Å²) in [5.74, 6) is -0.499. The van der Waals surface area contributed by atoms with Gasteiger partial charge in [0.25, 0.3) is 17.9 Å². The monoisotopic (exact) mass is 523 g/mol. The van der Waals surface area contributed by atoms with Crippen LogP contribution in [0.4, 0.5) is 13.2 Å². The van der Waals surface area contributed by atoms with Gasteiger partial charge < -0.3 is 14.8 Å². The van der Waals surface area contributed by atoms with Crippen LogP contribution in [0.15, 0.2) is 59.7 Å². The summed E-state index contributed by atoms with van der Waals surface area (Å²) in [4.78, 5) is 28.2. The summed E-state index contributed by atoms with van der Waals surface area (Å²) in [5, 5.41) is 9.97. The van der Waals surface area contributed by atoms with Crippen molar-refractivity contribution < 1.29 is 18.0 Å². The van der Waals surface area contributed by atoms with Gasteiger partial charge >= 0.3 is 0 Å². The summed E-state index contributed by atoms with van der Waals surface area (Å²) in [6, 6.07) is 10.6. The quantitative estimate of drug-likeness (QED) is 0.371. The Morgan fingerprint density at radius 2 is 1.95 bits per heavy atom. The second-order valence-electron chi connectivity index (χ2n) is 9.84. The Hall–Kier alpha value is -3.92. The lowest BCUT2D eigenvalue weighted by Crippen LogP contribution is -2.36. The van der Waals surface area contributed by atoms with Crippen molar-refractivity contribution in [3.8, 4) is 11.1 Å². The summed E-state index contributed by atoms with van der Waals surface area (Å²) in [6.07, 6.45) is 2.25. The van der Waals surface area contributed by atoms with Crippen LogP contribution in [-0.2, 0) is 6.54 Å². The smallest absolute Gasteiger partial charge is 0.282 e. The summed E-state index contributed by atoms with van der Waals surface area (Å²) in [5.41, 5.74) is 0.809. The first-order valence-corrected chi connectivity index (χ1v) is 12.5. The van der Waals surface area contributed by atoms with Gasteiger partial charge in [0, 0.05) is 35.5 Å². The molecule has 2 N–H and O–H groups in total. The van der Waals surface area contributed by atoms with Crippen molar-refractivity contribution in [2.45, 2.75) is 25.8 Å². The number of nitrogens with one attached hydrogen (secondary N) is 2. The van der Waals surface area contributed by atoms with E-state index in [0.29, 0.717) is 34.4 Å². The van der Waals surface area contributed by atoms with Crippen LogP contribution in [-0.4, -0.2) is 52.3 Å². The third kappa shape index (κ3) is 5.50. The first-order valence-electron chi connectivity index (χ1n) is 12.5. The maximum Gasteiger partial charge on any atom is 0.282 e. The van der Waals surface area contributed by atoms with Gasteiger partial charge in [0.05, 0.1) is 6.54 Å². The van der Waals surface area contributed by atoms with Crippen LogP contribution < -0.4 is 10.9 Å². The van der Waals surface area contributed by atoms with Crippen molar-refractivity contribution in [1.82, 2.24) is 25.0 Å². The molecule has 1 amide bonds. The second kappa shape index (κ2) is 10.8. The van der Waals surface area contributed by atoms with Gasteiger partial charge in [-0.1, -0.05) is 6.07 Å². The number of nitrogens with zero attached hydrogens (tertiary/aromatic N) is 3. The standard InChI is InChI=1S/C28H28F3N5O2/c1-35-7-4-17(5-8-35)14-32-27(37)21-10-18(11-22(29)13-21)16-36-9-6-20-12-19(2-3-23(20)28(36)38)24-15-33-34-25(24)26(30)31/h2-3,6,9-13,15,17,26H,4-5,7-8,14,16H2,1H3,(H,32,37)(H,33,34). The third-order valence-electron chi connectivity index (χ3n) is 7.13. The first-order chi connectivity index (χ1) is 18.3. The van der Waals surface area contributed by atoms with Crippen LogP contribution >= 0.6 is 0 Å². The van der Waals surface area contributed by atoms with Crippen molar-refractivity contribution in [2.24, 2.45) is 5.92 Å². The number of pyridine rings is 1. The van der Waals surface area contributed by atoms with E-state index in [1.54, 1.807) is 36.5 Å². The molecule has 0 atom stereocenters. The van der Waals surface area contributed by atoms with Crippen LogP contribution in [0.5, 0.6) is 0 Å². The normalized spacial score (nSPS) is 14.9. The molecular formula is C28H28F3N5O2. The zero-order valence-electron chi connectivity index (χ0n) is 20.9. The van der Waals surface area contributed by atoms with E-state index in [-0.39, 0.29) is 34.8 Å². The summed E-state index contributed by atoms with van der Waals surface area (Å²) < 4.78 is 42.3. The van der Waals surface area contributed by atoms with E-state index in [4.69, 9.17) is 0 Å². The molecule has 2 aromatic carbocycles. The van der Waals surface area contributed by atoms with Gasteiger partial charge in [-0.05, 0) is 91.8 Å². The minimum atomic E-state index is -2.73. The number of aromatic nitrogens is 3. The Balaban J connectivity index is 1.34. The molecule has 3 heterocycles. The van der Waals surface area contributed by atoms with Crippen LogP contribution in [0.3, 0.4) is 0 Å². The number of fused-ring (bicyclic) bond motifs is 1. The molecule has 0 radical (unpaired) electrons. The minimum Gasteiger partial charge on any atom is -0.352 e. The Morgan fingerprint density at radius 3 is 2.71 bits per heavy atom. The van der Waals surface area contributed by atoms with E-state index < -0.39 is 12.2 Å². The number of carbonyl (C=O) groups is 1. The number of amides is 1. The second-order valence-corrected chi connectivity index (χ2v) is 9.84. The molecule has 4 aromatic rings. The van der Waals surface area contributed by atoms with Gasteiger partial charge in [-0.15, -0.1) is 0 Å². The molecular weight excluding hydrogens is 495 g/mol. The molecule has 0 unspecified atom stereocenters. The van der Waals surface area contributed by atoms with E-state index in [2.05, 4.69) is 27.5 Å². The fourth-order valence-electron chi connectivity index (χ4n) is 4.95. The predicted octanol–water partition coefficient (Wildman–Crippen LogP) is 4.59. The van der Waals surface area contributed by atoms with Crippen molar-refractivity contribution in [2.75, 3.05) is 26.7 Å². The fourth-order valence-corrected chi connectivity index (χ4v) is 4.95. The molecule has 1 saturated heterocycles. The maximum atomic E-state index is 14.4. The molecule has 2 aromatic heterocycles. The minimum absolute atomic E-state index is 0.0702. The Morgan fingerprint density at radius 1 is 1.16 bits per heavy atom. The number of hydrogen-bond acceptors (Lipinski definition) is 4. The van der Waals surface area contributed by atoms with Crippen LogP contribution in [0.2, 0.25) is 0 Å². The summed E-state index contributed by atoms with van der Waals surface area (Å²) in [7, 11) is 2.08. The van der Waals surface area contributed by atoms with E-state index in [9.17, 15) is 22.8 Å². The highest BCUT2D eigenvalue weighted by Crippen LogP contribution is 2.30. The highest BCUT2D eigenvalue weighted by atomic mass is 19.3. The van der Waals surface area contributed by atoms with Gasteiger partial charge in [0.2, 0.25) is 0 Å². The van der Waals surface area contributed by atoms with Crippen LogP contribution in [0.25, 0.3) is 21.9 Å². The number of halogens is 3. The average Bonchev–Trinajstić information content (AvgIpc) is 3.40. The molecule has 1 fully saturated rings. The number of hydrogen-bond donors (Lipinski definition) is 2. The van der Waals surface area contributed by atoms with Gasteiger partial charge in [0.1, 0.15) is 11.5 Å². The summed E-state index contributed by atoms with van der Waals surface area (Å²) in [6.45, 7) is 2.60. The van der Waals surface area contributed by atoms with E-state index in [1.165, 1.54) is 22.9 Å². The lowest BCUT2D eigenvalue weighted by molar-refractivity contribution is 0.0938. The molecule has 10 heteroatoms. The van der Waals surface area contributed by atoms with Crippen LogP contribution in [0, 0.1) is 11.7 Å². The van der Waals surface area contributed by atoms with Crippen molar-refractivity contribution in [3.63, 3.8) is 0 Å². The number of H-pyrrole nitrogens is 1. The SMILES string of the molecule is CN1CCC(CNC(=O)c2cc(F)cc(Cn3ccc4cc(-c5c[nH]nc5C(F)F)ccc4c3=O)c2)CC1. The molecule has 0 spiro atoms. The van der Waals surface area contributed by atoms with Crippen molar-refractivity contribution >= 4 is 16.7 Å². The molecule has 1 aliphatic heterocycles. The third-order valence-corrected chi connectivity index (χ3v) is 7.13. The molecule has 38 heavy (non-hydrogen) atoms. The molecule has 1 aliphatic rings. The zero-order valence-corrected chi connectivity index (χ0v) is 20.9. The van der Waals surface area contributed by atoms with Crippen molar-refractivity contribution in [1.29, 1.82) is 0 Å². The highest BCUT2D eigenvalue weighted by molar-refractivity contribution is 5.94. The number of likely N-dealkylation sites (tertiary alicyclic amines) is 1. The maximum absolute atomic E-state index is 14.4. The molecule has 7 nitrogen and oxygen atoms in total. The average molecular weight is 524 g/mol. The molecule has 0 bridgehead atoms. The fraction of sp³-hybridized carbons (Fsp3) is 0.321. The molecule has 5 rings (SSSR count).